The van der Waals surface area contributed by atoms with Gasteiger partial charge in [0.15, 0.2) is 0 Å². The van der Waals surface area contributed by atoms with Gasteiger partial charge in [0.05, 0.1) is 0 Å². The van der Waals surface area contributed by atoms with Crippen LogP contribution in [-0.4, -0.2) is 23.3 Å². The van der Waals surface area contributed by atoms with Crippen molar-refractivity contribution in [2.24, 2.45) is 0 Å². The minimum atomic E-state index is -0.202. The summed E-state index contributed by atoms with van der Waals surface area (Å²) in [6.45, 7) is 8.28. The highest BCUT2D eigenvalue weighted by atomic mass is 16.2. The fraction of sp³-hybridized carbons (Fsp3) is 0.350. The van der Waals surface area contributed by atoms with Gasteiger partial charge in [-0.15, -0.1) is 0 Å². The number of nitrogens with one attached hydrogen (secondary N) is 1. The molecule has 5 heteroatoms. The lowest BCUT2D eigenvalue weighted by Crippen LogP contribution is -2.39. The molecule has 1 aromatic carbocycles. The number of aromatic nitrogens is 1. The van der Waals surface area contributed by atoms with E-state index in [4.69, 9.17) is 0 Å². The lowest BCUT2D eigenvalue weighted by atomic mass is 9.87. The van der Waals surface area contributed by atoms with Crippen LogP contribution in [0.5, 0.6) is 0 Å². The smallest absolute Gasteiger partial charge is 0.240 e. The number of hydrogen-bond donors (Lipinski definition) is 1. The second-order valence-corrected chi connectivity index (χ2v) is 7.03. The zero-order valence-corrected chi connectivity index (χ0v) is 15.2. The van der Waals surface area contributed by atoms with Gasteiger partial charge in [-0.3, -0.25) is 14.6 Å². The Labute approximate surface area is 149 Å². The summed E-state index contributed by atoms with van der Waals surface area (Å²) < 4.78 is 0. The number of pyridine rings is 1. The van der Waals surface area contributed by atoms with Crippen LogP contribution in [0.2, 0.25) is 0 Å². The first-order valence-electron chi connectivity index (χ1n) is 8.31. The summed E-state index contributed by atoms with van der Waals surface area (Å²) in [5.74, 6) is -0.366. The van der Waals surface area contributed by atoms with Gasteiger partial charge in [-0.2, -0.15) is 0 Å². The Balaban J connectivity index is 2.03. The van der Waals surface area contributed by atoms with Crippen LogP contribution in [-0.2, 0) is 21.5 Å². The summed E-state index contributed by atoms with van der Waals surface area (Å²) >= 11 is 0. The molecule has 0 unspecified atom stereocenters. The van der Waals surface area contributed by atoms with Crippen LogP contribution in [0, 0.1) is 0 Å². The fourth-order valence-corrected chi connectivity index (χ4v) is 2.43. The Kier molecular flexibility index (Phi) is 5.91. The fourth-order valence-electron chi connectivity index (χ4n) is 2.43. The molecule has 25 heavy (non-hydrogen) atoms. The summed E-state index contributed by atoms with van der Waals surface area (Å²) in [7, 11) is 0. The van der Waals surface area contributed by atoms with Crippen molar-refractivity contribution in [2.75, 3.05) is 11.4 Å². The second-order valence-electron chi connectivity index (χ2n) is 7.03. The monoisotopic (exact) mass is 339 g/mol. The molecule has 0 aliphatic carbocycles. The zero-order valence-electron chi connectivity index (χ0n) is 15.2. The Morgan fingerprint density at radius 3 is 2.16 bits per heavy atom. The van der Waals surface area contributed by atoms with Gasteiger partial charge in [0.1, 0.15) is 6.54 Å². The number of hydrogen-bond acceptors (Lipinski definition) is 3. The van der Waals surface area contributed by atoms with Gasteiger partial charge < -0.3 is 10.2 Å². The molecule has 0 radical (unpaired) electrons. The first-order valence-corrected chi connectivity index (χ1v) is 8.31. The van der Waals surface area contributed by atoms with E-state index in [1.165, 1.54) is 17.4 Å². The highest BCUT2D eigenvalue weighted by Crippen LogP contribution is 2.25. The van der Waals surface area contributed by atoms with E-state index in [1.54, 1.807) is 12.4 Å². The van der Waals surface area contributed by atoms with E-state index in [2.05, 4.69) is 31.1 Å². The summed E-state index contributed by atoms with van der Waals surface area (Å²) in [6.07, 6.45) is 3.36. The van der Waals surface area contributed by atoms with Crippen molar-refractivity contribution >= 4 is 17.5 Å². The molecule has 2 aromatic rings. The van der Waals surface area contributed by atoms with E-state index in [0.29, 0.717) is 6.54 Å². The number of rotatable bonds is 5. The number of benzene rings is 1. The SMILES string of the molecule is CC(=O)N(CC(=O)NCc1ccncc1)c1ccc(C(C)(C)C)cc1. The third kappa shape index (κ3) is 5.41. The Bertz CT molecular complexity index is 719. The van der Waals surface area contributed by atoms with Crippen LogP contribution in [0.3, 0.4) is 0 Å². The minimum absolute atomic E-state index is 0.00468. The van der Waals surface area contributed by atoms with Crippen molar-refractivity contribution in [3.63, 3.8) is 0 Å². The van der Waals surface area contributed by atoms with Gasteiger partial charge in [-0.1, -0.05) is 32.9 Å². The molecular weight excluding hydrogens is 314 g/mol. The molecule has 0 aliphatic rings. The van der Waals surface area contributed by atoms with Crippen LogP contribution >= 0.6 is 0 Å². The molecule has 0 spiro atoms. The van der Waals surface area contributed by atoms with E-state index in [0.717, 1.165) is 11.3 Å². The highest BCUT2D eigenvalue weighted by molar-refractivity contribution is 5.97. The second kappa shape index (κ2) is 7.92. The molecule has 0 aliphatic heterocycles. The van der Waals surface area contributed by atoms with E-state index >= 15 is 0 Å². The van der Waals surface area contributed by atoms with Gasteiger partial charge in [0, 0.05) is 31.5 Å². The molecule has 0 fully saturated rings. The molecule has 0 saturated heterocycles. The third-order valence-electron chi connectivity index (χ3n) is 3.97. The maximum atomic E-state index is 12.2. The predicted molar refractivity (Wildman–Crippen MR) is 99.3 cm³/mol. The standard InChI is InChI=1S/C20H25N3O2/c1-15(24)23(18-7-5-17(6-8-18)20(2,3)4)14-19(25)22-13-16-9-11-21-12-10-16/h5-12H,13-14H2,1-4H3,(H,22,25). The lowest BCUT2D eigenvalue weighted by Gasteiger charge is -2.23. The molecule has 2 rings (SSSR count). The Hall–Kier alpha value is -2.69. The van der Waals surface area contributed by atoms with E-state index in [-0.39, 0.29) is 23.8 Å². The molecule has 1 aromatic heterocycles. The number of amides is 2. The quantitative estimate of drug-likeness (QED) is 0.911. The lowest BCUT2D eigenvalue weighted by molar-refractivity contribution is -0.123. The molecular formula is C20H25N3O2. The molecule has 1 N–H and O–H groups in total. The first-order chi connectivity index (χ1) is 11.8. The van der Waals surface area contributed by atoms with Crippen molar-refractivity contribution < 1.29 is 9.59 Å². The Morgan fingerprint density at radius 2 is 1.64 bits per heavy atom. The number of carbonyl (C=O) groups is 2. The van der Waals surface area contributed by atoms with Gasteiger partial charge in [0.2, 0.25) is 11.8 Å². The maximum absolute atomic E-state index is 12.2. The minimum Gasteiger partial charge on any atom is -0.350 e. The van der Waals surface area contributed by atoms with Crippen molar-refractivity contribution in [3.8, 4) is 0 Å². The first kappa shape index (κ1) is 18.6. The van der Waals surface area contributed by atoms with Gasteiger partial charge in [0.25, 0.3) is 0 Å². The summed E-state index contributed by atoms with van der Waals surface area (Å²) in [5.41, 5.74) is 2.91. The summed E-state index contributed by atoms with van der Waals surface area (Å²) in [5, 5.41) is 2.83. The Morgan fingerprint density at radius 1 is 1.04 bits per heavy atom. The molecule has 0 bridgehead atoms. The van der Waals surface area contributed by atoms with Crippen molar-refractivity contribution in [1.82, 2.24) is 10.3 Å². The number of carbonyl (C=O) groups excluding carboxylic acids is 2. The van der Waals surface area contributed by atoms with Crippen molar-refractivity contribution in [3.05, 3.63) is 59.9 Å². The van der Waals surface area contributed by atoms with Gasteiger partial charge in [-0.05, 0) is 40.8 Å². The molecule has 132 valence electrons. The van der Waals surface area contributed by atoms with E-state index < -0.39 is 0 Å². The van der Waals surface area contributed by atoms with E-state index in [1.807, 2.05) is 36.4 Å². The average molecular weight is 339 g/mol. The molecule has 0 atom stereocenters. The largest absolute Gasteiger partial charge is 0.350 e. The number of nitrogens with zero attached hydrogens (tertiary/aromatic N) is 2. The topological polar surface area (TPSA) is 62.3 Å². The van der Waals surface area contributed by atoms with Crippen LogP contribution < -0.4 is 10.2 Å². The normalized spacial score (nSPS) is 11.0. The van der Waals surface area contributed by atoms with Crippen LogP contribution in [0.15, 0.2) is 48.8 Å². The highest BCUT2D eigenvalue weighted by Gasteiger charge is 2.18. The van der Waals surface area contributed by atoms with Crippen molar-refractivity contribution in [2.45, 2.75) is 39.7 Å². The average Bonchev–Trinajstić information content (AvgIpc) is 2.58. The molecule has 1 heterocycles. The summed E-state index contributed by atoms with van der Waals surface area (Å²) in [6, 6.07) is 11.5. The summed E-state index contributed by atoms with van der Waals surface area (Å²) in [4.78, 5) is 29.6. The zero-order chi connectivity index (χ0) is 18.4. The number of anilines is 1. The third-order valence-corrected chi connectivity index (χ3v) is 3.97. The maximum Gasteiger partial charge on any atom is 0.240 e. The van der Waals surface area contributed by atoms with Crippen LogP contribution in [0.4, 0.5) is 5.69 Å². The van der Waals surface area contributed by atoms with Crippen LogP contribution in [0.1, 0.15) is 38.8 Å². The molecule has 5 nitrogen and oxygen atoms in total. The van der Waals surface area contributed by atoms with Crippen molar-refractivity contribution in [1.29, 1.82) is 0 Å². The van der Waals surface area contributed by atoms with Gasteiger partial charge >= 0.3 is 0 Å². The predicted octanol–water partition coefficient (Wildman–Crippen LogP) is 3.05. The van der Waals surface area contributed by atoms with Crippen LogP contribution in [0.25, 0.3) is 0 Å². The van der Waals surface area contributed by atoms with Gasteiger partial charge in [-0.25, -0.2) is 0 Å². The molecule has 2 amide bonds. The molecule has 0 saturated carbocycles. The van der Waals surface area contributed by atoms with E-state index in [9.17, 15) is 9.59 Å².